The lowest BCUT2D eigenvalue weighted by molar-refractivity contribution is -0.141. The van der Waals surface area contributed by atoms with E-state index in [-0.39, 0.29) is 5.91 Å². The zero-order valence-electron chi connectivity index (χ0n) is 19.7. The van der Waals surface area contributed by atoms with Crippen molar-refractivity contribution in [2.24, 2.45) is 11.5 Å². The van der Waals surface area contributed by atoms with Crippen LogP contribution in [-0.2, 0) is 25.6 Å². The molecule has 190 valence electrons. The number of fused-ring (bicyclic) bond motifs is 1. The van der Waals surface area contributed by atoms with E-state index in [0.29, 0.717) is 51.6 Å². The number of aromatic amines is 1. The van der Waals surface area contributed by atoms with Crippen molar-refractivity contribution >= 4 is 34.6 Å². The number of amides is 3. The van der Waals surface area contributed by atoms with Crippen molar-refractivity contribution in [2.45, 2.75) is 56.7 Å². The molecule has 0 radical (unpaired) electrons. The maximum absolute atomic E-state index is 13.2. The summed E-state index contributed by atoms with van der Waals surface area (Å²) in [4.78, 5) is 54.2. The second-order valence-electron chi connectivity index (χ2n) is 8.82. The predicted octanol–water partition coefficient (Wildman–Crippen LogP) is -0.157. The normalized spacial score (nSPS) is 17.2. The number of nitrogens with one attached hydrogen (secondary N) is 3. The van der Waals surface area contributed by atoms with Crippen LogP contribution in [0, 0.1) is 0 Å². The molecular weight excluding hydrogens is 452 g/mol. The predicted molar refractivity (Wildman–Crippen MR) is 130 cm³/mol. The number of carboxylic acid groups (broad SMARTS) is 1. The number of unbranched alkanes of at least 4 members (excludes halogenated alkanes) is 1. The number of rotatable bonds is 12. The first-order chi connectivity index (χ1) is 16.8. The Morgan fingerprint density at radius 3 is 2.71 bits per heavy atom. The minimum Gasteiger partial charge on any atom is -0.480 e. The molecule has 35 heavy (non-hydrogen) atoms. The smallest absolute Gasteiger partial charge is 0.322 e. The fourth-order valence-corrected chi connectivity index (χ4v) is 4.46. The Hall–Kier alpha value is -3.44. The average molecular weight is 487 g/mol. The topological polar surface area (TPSA) is 184 Å². The maximum atomic E-state index is 13.2. The van der Waals surface area contributed by atoms with Gasteiger partial charge in [-0.05, 0) is 56.7 Å². The Morgan fingerprint density at radius 2 is 1.97 bits per heavy atom. The highest BCUT2D eigenvalue weighted by atomic mass is 16.4. The second-order valence-corrected chi connectivity index (χ2v) is 8.82. The molecule has 0 aliphatic carbocycles. The van der Waals surface area contributed by atoms with Crippen molar-refractivity contribution in [2.75, 3.05) is 19.6 Å². The van der Waals surface area contributed by atoms with Crippen LogP contribution >= 0.6 is 0 Å². The van der Waals surface area contributed by atoms with Gasteiger partial charge in [0.25, 0.3) is 0 Å². The number of aliphatic carboxylic acids is 1. The summed E-state index contributed by atoms with van der Waals surface area (Å²) in [6.07, 6.45) is 4.84. The highest BCUT2D eigenvalue weighted by Gasteiger charge is 2.37. The molecule has 0 spiro atoms. The average Bonchev–Trinajstić information content (AvgIpc) is 3.49. The number of carbonyl (C=O) groups excluding carboxylic acids is 3. The Kier molecular flexibility index (Phi) is 9.21. The van der Waals surface area contributed by atoms with Gasteiger partial charge in [-0.15, -0.1) is 0 Å². The lowest BCUT2D eigenvalue weighted by Crippen LogP contribution is -2.55. The molecule has 1 aliphatic rings. The number of para-hydroxylation sites is 1. The summed E-state index contributed by atoms with van der Waals surface area (Å²) in [5.74, 6) is -2.52. The van der Waals surface area contributed by atoms with Crippen LogP contribution in [0.4, 0.5) is 0 Å². The Bertz CT molecular complexity index is 1050. The molecule has 1 aliphatic heterocycles. The van der Waals surface area contributed by atoms with Gasteiger partial charge in [-0.3, -0.25) is 19.2 Å². The number of benzene rings is 1. The Balaban J connectivity index is 1.64. The van der Waals surface area contributed by atoms with Crippen molar-refractivity contribution in [3.8, 4) is 0 Å². The number of H-pyrrole nitrogens is 1. The summed E-state index contributed by atoms with van der Waals surface area (Å²) in [5.41, 5.74) is 13.7. The minimum absolute atomic E-state index is 0.315. The third kappa shape index (κ3) is 6.80. The van der Waals surface area contributed by atoms with Crippen LogP contribution in [0.3, 0.4) is 0 Å². The number of carboxylic acids is 1. The van der Waals surface area contributed by atoms with Crippen molar-refractivity contribution in [1.82, 2.24) is 20.5 Å². The van der Waals surface area contributed by atoms with Gasteiger partial charge >= 0.3 is 5.97 Å². The number of carbonyl (C=O) groups is 4. The third-order valence-electron chi connectivity index (χ3n) is 6.26. The molecule has 1 saturated heterocycles. The molecule has 1 aromatic carbocycles. The molecule has 1 fully saturated rings. The molecule has 2 aromatic rings. The van der Waals surface area contributed by atoms with E-state index in [1.165, 1.54) is 4.90 Å². The lowest BCUT2D eigenvalue weighted by atomic mass is 10.0. The summed E-state index contributed by atoms with van der Waals surface area (Å²) in [6, 6.07) is 5.29. The molecule has 11 nitrogen and oxygen atoms in total. The van der Waals surface area contributed by atoms with E-state index in [0.717, 1.165) is 16.5 Å². The summed E-state index contributed by atoms with van der Waals surface area (Å²) < 4.78 is 0. The van der Waals surface area contributed by atoms with E-state index < -0.39 is 42.5 Å². The number of nitrogens with two attached hydrogens (primary N) is 2. The minimum atomic E-state index is -1.18. The van der Waals surface area contributed by atoms with Gasteiger partial charge in [-0.1, -0.05) is 18.2 Å². The van der Waals surface area contributed by atoms with Crippen LogP contribution in [0.5, 0.6) is 0 Å². The largest absolute Gasteiger partial charge is 0.480 e. The first-order valence-corrected chi connectivity index (χ1v) is 11.9. The molecule has 0 bridgehead atoms. The van der Waals surface area contributed by atoms with Gasteiger partial charge in [0.05, 0.1) is 6.04 Å². The highest BCUT2D eigenvalue weighted by Crippen LogP contribution is 2.22. The van der Waals surface area contributed by atoms with Crippen molar-refractivity contribution < 1.29 is 24.3 Å². The first-order valence-electron chi connectivity index (χ1n) is 11.9. The quantitative estimate of drug-likeness (QED) is 0.225. The van der Waals surface area contributed by atoms with E-state index in [4.69, 9.17) is 16.6 Å². The fourth-order valence-electron chi connectivity index (χ4n) is 4.46. The van der Waals surface area contributed by atoms with E-state index in [1.807, 2.05) is 30.5 Å². The van der Waals surface area contributed by atoms with Gasteiger partial charge in [0.15, 0.2) is 0 Å². The van der Waals surface area contributed by atoms with Gasteiger partial charge in [0.2, 0.25) is 17.7 Å². The van der Waals surface area contributed by atoms with Crippen LogP contribution in [0.1, 0.15) is 37.7 Å². The number of likely N-dealkylation sites (tertiary alicyclic amines) is 1. The molecule has 11 heteroatoms. The zero-order chi connectivity index (χ0) is 25.4. The maximum Gasteiger partial charge on any atom is 0.322 e. The third-order valence-corrected chi connectivity index (χ3v) is 6.26. The van der Waals surface area contributed by atoms with Crippen LogP contribution < -0.4 is 22.1 Å². The molecule has 0 saturated carbocycles. The van der Waals surface area contributed by atoms with Gasteiger partial charge in [-0.2, -0.15) is 0 Å². The summed E-state index contributed by atoms with van der Waals surface area (Å²) in [7, 11) is 0. The van der Waals surface area contributed by atoms with Crippen molar-refractivity contribution in [1.29, 1.82) is 0 Å². The summed E-state index contributed by atoms with van der Waals surface area (Å²) in [6.45, 7) is 0.303. The van der Waals surface area contributed by atoms with Crippen LogP contribution in [0.2, 0.25) is 0 Å². The van der Waals surface area contributed by atoms with Crippen LogP contribution in [0.15, 0.2) is 30.5 Å². The van der Waals surface area contributed by atoms with E-state index in [2.05, 4.69) is 15.6 Å². The number of aromatic nitrogens is 1. The van der Waals surface area contributed by atoms with E-state index in [9.17, 15) is 19.2 Å². The van der Waals surface area contributed by atoms with E-state index >= 15 is 0 Å². The van der Waals surface area contributed by atoms with Crippen molar-refractivity contribution in [3.63, 3.8) is 0 Å². The zero-order valence-corrected chi connectivity index (χ0v) is 19.7. The Morgan fingerprint density at radius 1 is 1.20 bits per heavy atom. The van der Waals surface area contributed by atoms with E-state index in [1.54, 1.807) is 0 Å². The molecule has 8 N–H and O–H groups in total. The molecule has 3 rings (SSSR count). The standard InChI is InChI=1S/C24H34N6O5/c25-10-4-3-8-19(22(33)28-14-21(31)32)29-23(34)20-9-5-11-30(20)24(35)17(26)12-15-13-27-18-7-2-1-6-16(15)18/h1-2,6-7,13,17,19-20,27H,3-5,8-12,14,25-26H2,(H,28,33)(H,29,34)(H,31,32). The van der Waals surface area contributed by atoms with Gasteiger partial charge < -0.3 is 37.1 Å². The summed E-state index contributed by atoms with van der Waals surface area (Å²) >= 11 is 0. The number of hydrogen-bond acceptors (Lipinski definition) is 6. The number of hydrogen-bond donors (Lipinski definition) is 6. The molecule has 3 unspecified atom stereocenters. The Labute approximate surface area is 203 Å². The second kappa shape index (κ2) is 12.3. The highest BCUT2D eigenvalue weighted by molar-refractivity contribution is 5.94. The SMILES string of the molecule is NCCCCC(NC(=O)C1CCCN1C(=O)C(N)Cc1c[nH]c2ccccc12)C(=O)NCC(=O)O. The fraction of sp³-hybridized carbons (Fsp3) is 0.500. The molecule has 1 aromatic heterocycles. The van der Waals surface area contributed by atoms with Crippen molar-refractivity contribution in [3.05, 3.63) is 36.0 Å². The van der Waals surface area contributed by atoms with Crippen LogP contribution in [-0.4, -0.2) is 76.4 Å². The molecular formula is C24H34N6O5. The molecule has 3 amide bonds. The summed E-state index contributed by atoms with van der Waals surface area (Å²) in [5, 5.41) is 14.9. The van der Waals surface area contributed by atoms with Gasteiger partial charge in [0, 0.05) is 23.6 Å². The van der Waals surface area contributed by atoms with Gasteiger partial charge in [-0.25, -0.2) is 0 Å². The molecule has 3 atom stereocenters. The monoisotopic (exact) mass is 486 g/mol. The van der Waals surface area contributed by atoms with Crippen LogP contribution in [0.25, 0.3) is 10.9 Å². The van der Waals surface area contributed by atoms with Gasteiger partial charge in [0.1, 0.15) is 18.6 Å². The molecule has 2 heterocycles. The lowest BCUT2D eigenvalue weighted by Gasteiger charge is -2.28. The number of nitrogens with zero attached hydrogens (tertiary/aromatic N) is 1. The first kappa shape index (κ1) is 26.2.